The van der Waals surface area contributed by atoms with Gasteiger partial charge in [0.2, 0.25) is 5.91 Å². The van der Waals surface area contributed by atoms with Crippen molar-refractivity contribution in [2.45, 2.75) is 39.5 Å². The van der Waals surface area contributed by atoms with Gasteiger partial charge in [0.15, 0.2) is 11.5 Å². The highest BCUT2D eigenvalue weighted by Crippen LogP contribution is 2.28. The first-order valence-electron chi connectivity index (χ1n) is 8.82. The number of benzene rings is 1. The van der Waals surface area contributed by atoms with E-state index in [4.69, 9.17) is 11.6 Å². The molecule has 0 atom stereocenters. The zero-order chi connectivity index (χ0) is 21.2. The highest BCUT2D eigenvalue weighted by atomic mass is 35.5. The van der Waals surface area contributed by atoms with Crippen molar-refractivity contribution in [3.63, 3.8) is 0 Å². The number of hydrogen-bond acceptors (Lipinski definition) is 3. The molecule has 3 rings (SSSR count). The third-order valence-corrected chi connectivity index (χ3v) is 4.53. The molecule has 0 saturated carbocycles. The van der Waals surface area contributed by atoms with Crippen LogP contribution in [0.3, 0.4) is 0 Å². The summed E-state index contributed by atoms with van der Waals surface area (Å²) in [6.45, 7) is 3.91. The topological polar surface area (TPSA) is 64.7 Å². The molecule has 0 fully saturated rings. The lowest BCUT2D eigenvalue weighted by Gasteiger charge is -2.06. The van der Waals surface area contributed by atoms with E-state index in [-0.39, 0.29) is 18.9 Å². The molecule has 29 heavy (non-hydrogen) atoms. The molecule has 2 aromatic heterocycles. The van der Waals surface area contributed by atoms with Crippen LogP contribution in [0.5, 0.6) is 0 Å². The Morgan fingerprint density at radius 2 is 1.83 bits per heavy atom. The second-order valence-electron chi connectivity index (χ2n) is 6.65. The molecule has 154 valence electrons. The van der Waals surface area contributed by atoms with Crippen molar-refractivity contribution in [3.8, 4) is 0 Å². The molecule has 0 unspecified atom stereocenters. The third-order valence-electron chi connectivity index (χ3n) is 4.29. The van der Waals surface area contributed by atoms with Gasteiger partial charge in [0.25, 0.3) is 0 Å². The van der Waals surface area contributed by atoms with E-state index in [9.17, 15) is 18.0 Å². The monoisotopic (exact) mass is 425 g/mol. The first-order valence-corrected chi connectivity index (χ1v) is 9.20. The lowest BCUT2D eigenvalue weighted by atomic mass is 10.2. The summed E-state index contributed by atoms with van der Waals surface area (Å²) in [7, 11) is 0. The number of amides is 1. The van der Waals surface area contributed by atoms with Gasteiger partial charge in [-0.1, -0.05) is 23.7 Å². The van der Waals surface area contributed by atoms with E-state index in [0.717, 1.165) is 17.3 Å². The normalized spacial score (nSPS) is 11.7. The number of carbonyl (C=O) groups excluding carboxylic acids is 1. The first kappa shape index (κ1) is 20.9. The van der Waals surface area contributed by atoms with Gasteiger partial charge in [0.05, 0.1) is 6.54 Å². The molecule has 0 aliphatic rings. The number of nitrogens with zero attached hydrogens (tertiary/aromatic N) is 4. The maximum Gasteiger partial charge on any atom is 0.435 e. The Balaban J connectivity index is 1.59. The number of carbonyl (C=O) groups is 1. The van der Waals surface area contributed by atoms with Crippen molar-refractivity contribution in [3.05, 3.63) is 64.1 Å². The van der Waals surface area contributed by atoms with Gasteiger partial charge in [0, 0.05) is 35.4 Å². The van der Waals surface area contributed by atoms with Gasteiger partial charge in [0.1, 0.15) is 0 Å². The molecule has 1 amide bonds. The SMILES string of the molecule is Cc1cc(NC(=O)CCn2nc(C(F)(F)F)cc2C)nn1Cc1cccc(Cl)c1. The maximum atomic E-state index is 12.7. The highest BCUT2D eigenvalue weighted by Gasteiger charge is 2.34. The number of halogens is 4. The summed E-state index contributed by atoms with van der Waals surface area (Å²) in [6.07, 6.45) is -4.54. The summed E-state index contributed by atoms with van der Waals surface area (Å²) in [5.41, 5.74) is 1.19. The van der Waals surface area contributed by atoms with Crippen LogP contribution in [0.2, 0.25) is 5.02 Å². The van der Waals surface area contributed by atoms with Crippen molar-refractivity contribution in [1.29, 1.82) is 0 Å². The largest absolute Gasteiger partial charge is 0.435 e. The fourth-order valence-electron chi connectivity index (χ4n) is 2.83. The molecule has 0 bridgehead atoms. The van der Waals surface area contributed by atoms with Crippen LogP contribution in [0.15, 0.2) is 36.4 Å². The van der Waals surface area contributed by atoms with Gasteiger partial charge in [-0.2, -0.15) is 23.4 Å². The summed E-state index contributed by atoms with van der Waals surface area (Å²) in [4.78, 5) is 12.2. The Labute approximate surface area is 170 Å². The molecule has 0 saturated heterocycles. The average Bonchev–Trinajstić information content (AvgIpc) is 3.15. The zero-order valence-electron chi connectivity index (χ0n) is 15.8. The van der Waals surface area contributed by atoms with E-state index < -0.39 is 11.9 Å². The van der Waals surface area contributed by atoms with Crippen LogP contribution in [0.4, 0.5) is 19.0 Å². The van der Waals surface area contributed by atoms with Crippen LogP contribution in [-0.4, -0.2) is 25.5 Å². The summed E-state index contributed by atoms with van der Waals surface area (Å²) >= 11 is 5.99. The second-order valence-corrected chi connectivity index (χ2v) is 7.09. The van der Waals surface area contributed by atoms with Crippen LogP contribution >= 0.6 is 11.6 Å². The van der Waals surface area contributed by atoms with Crippen molar-refractivity contribution in [1.82, 2.24) is 19.6 Å². The van der Waals surface area contributed by atoms with Crippen molar-refractivity contribution >= 4 is 23.3 Å². The number of alkyl halides is 3. The molecule has 0 aliphatic carbocycles. The fraction of sp³-hybridized carbons (Fsp3) is 0.316. The molecule has 0 radical (unpaired) electrons. The fourth-order valence-corrected chi connectivity index (χ4v) is 3.04. The van der Waals surface area contributed by atoms with Crippen molar-refractivity contribution in [2.75, 3.05) is 5.32 Å². The minimum atomic E-state index is -4.51. The zero-order valence-corrected chi connectivity index (χ0v) is 16.6. The number of anilines is 1. The first-order chi connectivity index (χ1) is 13.6. The van der Waals surface area contributed by atoms with E-state index in [1.165, 1.54) is 11.6 Å². The minimum Gasteiger partial charge on any atom is -0.309 e. The van der Waals surface area contributed by atoms with Crippen molar-refractivity contribution < 1.29 is 18.0 Å². The second kappa shape index (κ2) is 8.28. The lowest BCUT2D eigenvalue weighted by molar-refractivity contribution is -0.141. The average molecular weight is 426 g/mol. The molecule has 1 aromatic carbocycles. The van der Waals surface area contributed by atoms with E-state index in [2.05, 4.69) is 15.5 Å². The molecule has 0 aliphatic heterocycles. The number of nitrogens with one attached hydrogen (secondary N) is 1. The number of aryl methyl sites for hydroxylation is 3. The standard InChI is InChI=1S/C19H19ClF3N5O/c1-12-8-16(19(21,22)23)25-27(12)7-6-18(29)24-17-9-13(2)28(26-17)11-14-4-3-5-15(20)10-14/h3-5,8-10H,6-7,11H2,1-2H3,(H,24,26,29). The molecular formula is C19H19ClF3N5O. The number of aromatic nitrogens is 4. The Morgan fingerprint density at radius 3 is 2.48 bits per heavy atom. The van der Waals surface area contributed by atoms with Gasteiger partial charge >= 0.3 is 6.18 Å². The Hall–Kier alpha value is -2.81. The predicted octanol–water partition coefficient (Wildman–Crippen LogP) is 4.45. The van der Waals surface area contributed by atoms with Crippen LogP contribution < -0.4 is 5.32 Å². The van der Waals surface area contributed by atoms with Gasteiger partial charge in [-0.3, -0.25) is 14.2 Å². The predicted molar refractivity (Wildman–Crippen MR) is 103 cm³/mol. The Kier molecular flexibility index (Phi) is 5.97. The van der Waals surface area contributed by atoms with E-state index >= 15 is 0 Å². The smallest absolute Gasteiger partial charge is 0.309 e. The Bertz CT molecular complexity index is 1030. The molecule has 2 heterocycles. The summed E-state index contributed by atoms with van der Waals surface area (Å²) in [6, 6.07) is 10.1. The van der Waals surface area contributed by atoms with Crippen LogP contribution in [0.1, 0.15) is 29.1 Å². The van der Waals surface area contributed by atoms with Gasteiger partial charge in [-0.05, 0) is 37.6 Å². The molecular weight excluding hydrogens is 407 g/mol. The minimum absolute atomic E-state index is 0.0278. The Morgan fingerprint density at radius 1 is 1.10 bits per heavy atom. The molecule has 3 aromatic rings. The van der Waals surface area contributed by atoms with Gasteiger partial charge in [-0.15, -0.1) is 0 Å². The third kappa shape index (κ3) is 5.38. The number of hydrogen-bond donors (Lipinski definition) is 1. The van der Waals surface area contributed by atoms with Crippen molar-refractivity contribution in [2.24, 2.45) is 0 Å². The van der Waals surface area contributed by atoms with Gasteiger partial charge < -0.3 is 5.32 Å². The van der Waals surface area contributed by atoms with Crippen LogP contribution in [0.25, 0.3) is 0 Å². The summed E-state index contributed by atoms with van der Waals surface area (Å²) < 4.78 is 41.0. The maximum absolute atomic E-state index is 12.7. The van der Waals surface area contributed by atoms with Crippen LogP contribution in [0, 0.1) is 13.8 Å². The van der Waals surface area contributed by atoms with Gasteiger partial charge in [-0.25, -0.2) is 0 Å². The summed E-state index contributed by atoms with van der Waals surface area (Å²) in [5.74, 6) is 0.0172. The quantitative estimate of drug-likeness (QED) is 0.634. The van der Waals surface area contributed by atoms with E-state index in [0.29, 0.717) is 23.1 Å². The lowest BCUT2D eigenvalue weighted by Crippen LogP contribution is -2.16. The molecule has 6 nitrogen and oxygen atoms in total. The molecule has 10 heteroatoms. The summed E-state index contributed by atoms with van der Waals surface area (Å²) in [5, 5.41) is 11.2. The number of rotatable bonds is 6. The van der Waals surface area contributed by atoms with E-state index in [1.807, 2.05) is 25.1 Å². The highest BCUT2D eigenvalue weighted by molar-refractivity contribution is 6.30. The molecule has 0 spiro atoms. The molecule has 1 N–H and O–H groups in total. The van der Waals surface area contributed by atoms with E-state index in [1.54, 1.807) is 16.8 Å². The van der Waals surface area contributed by atoms with Crippen LogP contribution in [-0.2, 0) is 24.1 Å².